The number of carbonyl (C=O) groups is 2. The van der Waals surface area contributed by atoms with Gasteiger partial charge in [0, 0.05) is 30.5 Å². The Kier molecular flexibility index (Phi) is 8.06. The van der Waals surface area contributed by atoms with Crippen molar-refractivity contribution in [1.29, 1.82) is 0 Å². The molecular formula is C26H28ClN3O3. The van der Waals surface area contributed by atoms with Crippen LogP contribution in [0.25, 0.3) is 0 Å². The third-order valence-corrected chi connectivity index (χ3v) is 5.35. The van der Waals surface area contributed by atoms with E-state index in [1.807, 2.05) is 56.3 Å². The number of pyridine rings is 1. The summed E-state index contributed by atoms with van der Waals surface area (Å²) in [5, 5.41) is 6.21. The molecule has 2 N–H and O–H groups in total. The maximum Gasteiger partial charge on any atom is 0.257 e. The second-order valence-electron chi connectivity index (χ2n) is 8.23. The SMILES string of the molecule is CCNC(=O)c1cn(CC(C)C)cc(C(=O)N[C@@H](c2ccccc2)c2ccc(Cl)cc2)c1=O. The molecule has 3 aromatic rings. The van der Waals surface area contributed by atoms with Crippen LogP contribution in [-0.4, -0.2) is 22.9 Å². The Balaban J connectivity index is 2.04. The molecule has 0 aliphatic rings. The smallest absolute Gasteiger partial charge is 0.257 e. The van der Waals surface area contributed by atoms with Crippen molar-refractivity contribution in [2.45, 2.75) is 33.4 Å². The lowest BCUT2D eigenvalue weighted by Crippen LogP contribution is -2.37. The quantitative estimate of drug-likeness (QED) is 0.516. The van der Waals surface area contributed by atoms with Crippen LogP contribution in [0.4, 0.5) is 0 Å². The molecule has 0 unspecified atom stereocenters. The van der Waals surface area contributed by atoms with E-state index >= 15 is 0 Å². The number of nitrogens with zero attached hydrogens (tertiary/aromatic N) is 1. The van der Waals surface area contributed by atoms with Crippen LogP contribution in [0.15, 0.2) is 71.8 Å². The number of hydrogen-bond donors (Lipinski definition) is 2. The minimum atomic E-state index is -0.596. The molecule has 6 nitrogen and oxygen atoms in total. The average Bonchev–Trinajstić information content (AvgIpc) is 2.79. The van der Waals surface area contributed by atoms with Crippen molar-refractivity contribution in [3.8, 4) is 0 Å². The Labute approximate surface area is 198 Å². The fourth-order valence-corrected chi connectivity index (χ4v) is 3.73. The molecule has 0 saturated carbocycles. The predicted molar refractivity (Wildman–Crippen MR) is 131 cm³/mol. The summed E-state index contributed by atoms with van der Waals surface area (Å²) < 4.78 is 1.73. The number of carbonyl (C=O) groups excluding carboxylic acids is 2. The third kappa shape index (κ3) is 6.11. The number of benzene rings is 2. The lowest BCUT2D eigenvalue weighted by atomic mass is 9.98. The van der Waals surface area contributed by atoms with E-state index in [2.05, 4.69) is 10.6 Å². The van der Waals surface area contributed by atoms with Crippen molar-refractivity contribution < 1.29 is 9.59 Å². The maximum atomic E-state index is 13.4. The highest BCUT2D eigenvalue weighted by molar-refractivity contribution is 6.30. The first-order valence-corrected chi connectivity index (χ1v) is 11.3. The van der Waals surface area contributed by atoms with Gasteiger partial charge in [-0.25, -0.2) is 0 Å². The number of halogens is 1. The Morgan fingerprint density at radius 2 is 1.48 bits per heavy atom. The molecule has 0 bridgehead atoms. The van der Waals surface area contributed by atoms with Gasteiger partial charge in [0.2, 0.25) is 5.43 Å². The fraction of sp³-hybridized carbons (Fsp3) is 0.269. The van der Waals surface area contributed by atoms with Gasteiger partial charge in [-0.05, 0) is 36.1 Å². The van der Waals surface area contributed by atoms with Crippen LogP contribution >= 0.6 is 11.6 Å². The molecule has 1 heterocycles. The van der Waals surface area contributed by atoms with E-state index in [-0.39, 0.29) is 17.0 Å². The molecule has 0 saturated heterocycles. The second-order valence-corrected chi connectivity index (χ2v) is 8.67. The lowest BCUT2D eigenvalue weighted by Gasteiger charge is -2.21. The topological polar surface area (TPSA) is 80.2 Å². The molecule has 3 rings (SSSR count). The van der Waals surface area contributed by atoms with Gasteiger partial charge in [0.15, 0.2) is 0 Å². The van der Waals surface area contributed by atoms with E-state index in [9.17, 15) is 14.4 Å². The normalized spacial score (nSPS) is 11.8. The van der Waals surface area contributed by atoms with Gasteiger partial charge >= 0.3 is 0 Å². The van der Waals surface area contributed by atoms with E-state index in [4.69, 9.17) is 11.6 Å². The molecule has 0 fully saturated rings. The minimum absolute atomic E-state index is 0.0482. The van der Waals surface area contributed by atoms with Crippen molar-refractivity contribution in [2.24, 2.45) is 5.92 Å². The molecule has 172 valence electrons. The van der Waals surface area contributed by atoms with E-state index in [1.165, 1.54) is 12.4 Å². The van der Waals surface area contributed by atoms with Crippen molar-refractivity contribution in [2.75, 3.05) is 6.54 Å². The predicted octanol–water partition coefficient (Wildman–Crippen LogP) is 4.43. The van der Waals surface area contributed by atoms with Crippen LogP contribution < -0.4 is 16.1 Å². The molecule has 33 heavy (non-hydrogen) atoms. The maximum absolute atomic E-state index is 13.4. The molecule has 1 atom stereocenters. The summed E-state index contributed by atoms with van der Waals surface area (Å²) in [7, 11) is 0. The monoisotopic (exact) mass is 465 g/mol. The zero-order valence-electron chi connectivity index (χ0n) is 19.0. The average molecular weight is 466 g/mol. The molecule has 7 heteroatoms. The first-order valence-electron chi connectivity index (χ1n) is 10.9. The van der Waals surface area contributed by atoms with Crippen LogP contribution in [-0.2, 0) is 6.54 Å². The number of aromatic nitrogens is 1. The Morgan fingerprint density at radius 1 is 0.909 bits per heavy atom. The van der Waals surface area contributed by atoms with Gasteiger partial charge in [-0.2, -0.15) is 0 Å². The van der Waals surface area contributed by atoms with Crippen molar-refractivity contribution in [1.82, 2.24) is 15.2 Å². The molecule has 0 spiro atoms. The zero-order valence-corrected chi connectivity index (χ0v) is 19.7. The van der Waals surface area contributed by atoms with Gasteiger partial charge in [-0.15, -0.1) is 0 Å². The Bertz CT molecular complexity index is 1170. The highest BCUT2D eigenvalue weighted by Gasteiger charge is 2.23. The number of hydrogen-bond acceptors (Lipinski definition) is 3. The highest BCUT2D eigenvalue weighted by atomic mass is 35.5. The van der Waals surface area contributed by atoms with Gasteiger partial charge in [-0.1, -0.05) is 67.9 Å². The van der Waals surface area contributed by atoms with E-state index in [1.54, 1.807) is 23.6 Å². The fourth-order valence-electron chi connectivity index (χ4n) is 3.61. The largest absolute Gasteiger partial charge is 0.352 e. The Morgan fingerprint density at radius 3 is 2.06 bits per heavy atom. The van der Waals surface area contributed by atoms with Gasteiger partial charge in [0.25, 0.3) is 11.8 Å². The summed E-state index contributed by atoms with van der Waals surface area (Å²) in [4.78, 5) is 39.0. The first-order chi connectivity index (χ1) is 15.8. The van der Waals surface area contributed by atoms with Gasteiger partial charge in [0.05, 0.1) is 6.04 Å². The Hall–Kier alpha value is -3.38. The highest BCUT2D eigenvalue weighted by Crippen LogP contribution is 2.24. The second kappa shape index (κ2) is 11.0. The van der Waals surface area contributed by atoms with Gasteiger partial charge in [0.1, 0.15) is 11.1 Å². The molecule has 0 aliphatic carbocycles. The summed E-state index contributed by atoms with van der Waals surface area (Å²) >= 11 is 6.05. The van der Waals surface area contributed by atoms with Crippen LogP contribution in [0, 0.1) is 5.92 Å². The molecule has 1 aromatic heterocycles. The van der Waals surface area contributed by atoms with Crippen LogP contribution in [0.1, 0.15) is 58.7 Å². The van der Waals surface area contributed by atoms with Crippen molar-refractivity contribution in [3.05, 3.63) is 104 Å². The molecule has 2 amide bonds. The van der Waals surface area contributed by atoms with E-state index in [0.717, 1.165) is 11.1 Å². The number of amides is 2. The third-order valence-electron chi connectivity index (χ3n) is 5.09. The molecule has 2 aromatic carbocycles. The minimum Gasteiger partial charge on any atom is -0.352 e. The van der Waals surface area contributed by atoms with Gasteiger partial charge in [-0.3, -0.25) is 14.4 Å². The zero-order chi connectivity index (χ0) is 24.0. The lowest BCUT2D eigenvalue weighted by molar-refractivity contribution is 0.0940. The number of rotatable bonds is 8. The summed E-state index contributed by atoms with van der Waals surface area (Å²) in [5.41, 5.74) is 0.959. The molecule has 0 aliphatic heterocycles. The molecule has 0 radical (unpaired) electrons. The van der Waals surface area contributed by atoms with Crippen molar-refractivity contribution in [3.63, 3.8) is 0 Å². The summed E-state index contributed by atoms with van der Waals surface area (Å²) in [6, 6.07) is 16.2. The van der Waals surface area contributed by atoms with Crippen LogP contribution in [0.3, 0.4) is 0 Å². The summed E-state index contributed by atoms with van der Waals surface area (Å²) in [6.07, 6.45) is 3.03. The molecular weight excluding hydrogens is 438 g/mol. The first kappa shape index (κ1) is 24.3. The van der Waals surface area contributed by atoms with Crippen molar-refractivity contribution >= 4 is 23.4 Å². The van der Waals surface area contributed by atoms with E-state index < -0.39 is 23.3 Å². The van der Waals surface area contributed by atoms with Crippen LogP contribution in [0.5, 0.6) is 0 Å². The van der Waals surface area contributed by atoms with E-state index in [0.29, 0.717) is 18.1 Å². The summed E-state index contributed by atoms with van der Waals surface area (Å²) in [5.74, 6) is -0.781. The number of nitrogens with one attached hydrogen (secondary N) is 2. The summed E-state index contributed by atoms with van der Waals surface area (Å²) in [6.45, 7) is 6.76. The van der Waals surface area contributed by atoms with Gasteiger partial charge < -0.3 is 15.2 Å². The standard InChI is InChI=1S/C26H28ClN3O3/c1-4-28-25(32)21-15-30(14-17(2)3)16-22(24(21)31)26(33)29-23(18-8-6-5-7-9-18)19-10-12-20(27)13-11-19/h5-13,15-17,23H,4,14H2,1-3H3,(H,28,32)(H,29,33)/t23-/m0/s1. The van der Waals surface area contributed by atoms with Crippen LogP contribution in [0.2, 0.25) is 5.02 Å².